The Bertz CT molecular complexity index is 708. The highest BCUT2D eigenvalue weighted by atomic mass is 32.2. The van der Waals surface area contributed by atoms with Gasteiger partial charge in [0.15, 0.2) is 0 Å². The first-order valence-electron chi connectivity index (χ1n) is 6.73. The Morgan fingerprint density at radius 1 is 0.810 bits per heavy atom. The first-order chi connectivity index (χ1) is 9.93. The molecule has 2 aromatic rings. The van der Waals surface area contributed by atoms with E-state index >= 15 is 0 Å². The van der Waals surface area contributed by atoms with E-state index in [2.05, 4.69) is 0 Å². The van der Waals surface area contributed by atoms with Crippen LogP contribution < -0.4 is 0 Å². The molecular weight excluding hydrogens is 294 g/mol. The van der Waals surface area contributed by atoms with Gasteiger partial charge < -0.3 is 0 Å². The van der Waals surface area contributed by atoms with Crippen LogP contribution in [0.2, 0.25) is 0 Å². The van der Waals surface area contributed by atoms with Gasteiger partial charge in [-0.2, -0.15) is 0 Å². The molecule has 0 unspecified atom stereocenters. The second-order valence-corrected chi connectivity index (χ2v) is 6.56. The molecule has 5 heteroatoms. The predicted molar refractivity (Wildman–Crippen MR) is 77.0 cm³/mol. The third-order valence-electron chi connectivity index (χ3n) is 3.43. The number of sulfone groups is 1. The predicted octanol–water partition coefficient (Wildman–Crippen LogP) is 3.92. The van der Waals surface area contributed by atoms with Gasteiger partial charge in [-0.15, -0.1) is 0 Å². The summed E-state index contributed by atoms with van der Waals surface area (Å²) >= 11 is 0. The first-order valence-corrected chi connectivity index (χ1v) is 8.21. The fourth-order valence-electron chi connectivity index (χ4n) is 2.19. The molecule has 0 aromatic heterocycles. The molecule has 21 heavy (non-hydrogen) atoms. The fraction of sp³-hybridized carbons (Fsp3) is 0.250. The molecule has 0 saturated heterocycles. The van der Waals surface area contributed by atoms with Gasteiger partial charge in [-0.05, 0) is 36.1 Å². The highest BCUT2D eigenvalue weighted by Gasteiger charge is 2.27. The molecule has 0 atom stereocenters. The van der Waals surface area contributed by atoms with E-state index in [0.717, 1.165) is 0 Å². The minimum atomic E-state index is -4.22. The van der Waals surface area contributed by atoms with Crippen LogP contribution in [0.5, 0.6) is 0 Å². The summed E-state index contributed by atoms with van der Waals surface area (Å²) in [4.78, 5) is -0.956. The average molecular weight is 310 g/mol. The molecule has 0 spiro atoms. The van der Waals surface area contributed by atoms with Crippen LogP contribution in [0.1, 0.15) is 25.0 Å². The maximum Gasteiger partial charge on any atom is 0.212 e. The van der Waals surface area contributed by atoms with E-state index in [4.69, 9.17) is 0 Å². The van der Waals surface area contributed by atoms with Crippen LogP contribution in [0, 0.1) is 11.6 Å². The van der Waals surface area contributed by atoms with Gasteiger partial charge in [0.05, 0.1) is 0 Å². The molecule has 2 aromatic carbocycles. The summed E-state index contributed by atoms with van der Waals surface area (Å²) in [6.45, 7) is 3.46. The van der Waals surface area contributed by atoms with Crippen molar-refractivity contribution in [2.75, 3.05) is 0 Å². The normalized spacial score (nSPS) is 11.6. The van der Waals surface area contributed by atoms with Gasteiger partial charge in [0, 0.05) is 0 Å². The minimum Gasteiger partial charge on any atom is -0.218 e. The Morgan fingerprint density at radius 2 is 1.19 bits per heavy atom. The van der Waals surface area contributed by atoms with Crippen molar-refractivity contribution in [2.45, 2.75) is 36.5 Å². The number of hydrogen-bond donors (Lipinski definition) is 0. The zero-order valence-electron chi connectivity index (χ0n) is 11.9. The van der Waals surface area contributed by atoms with E-state index in [0.29, 0.717) is 24.0 Å². The third-order valence-corrected chi connectivity index (χ3v) is 5.22. The third kappa shape index (κ3) is 2.70. The van der Waals surface area contributed by atoms with Crippen LogP contribution in [0.15, 0.2) is 46.2 Å². The molecule has 0 aliphatic heterocycles. The first kappa shape index (κ1) is 15.6. The summed E-state index contributed by atoms with van der Waals surface area (Å²) in [6, 6.07) is 8.32. The van der Waals surface area contributed by atoms with Gasteiger partial charge in [0.2, 0.25) is 9.84 Å². The van der Waals surface area contributed by atoms with Crippen LogP contribution in [0.4, 0.5) is 8.78 Å². The molecule has 0 aliphatic rings. The Kier molecular flexibility index (Phi) is 4.42. The van der Waals surface area contributed by atoms with Crippen molar-refractivity contribution in [1.29, 1.82) is 0 Å². The molecule has 0 N–H and O–H groups in total. The molecule has 0 bridgehead atoms. The topological polar surface area (TPSA) is 34.1 Å². The van der Waals surface area contributed by atoms with E-state index in [-0.39, 0.29) is 0 Å². The standard InChI is InChI=1S/C16H16F2O2S/c1-3-11-7-5-9-13(15(11)17)21(19,20)14-10-6-8-12(4-2)16(14)18/h5-10H,3-4H2,1-2H3. The number of aryl methyl sites for hydroxylation is 2. The largest absolute Gasteiger partial charge is 0.218 e. The van der Waals surface area contributed by atoms with Crippen molar-refractivity contribution in [2.24, 2.45) is 0 Å². The summed E-state index contributed by atoms with van der Waals surface area (Å²) < 4.78 is 53.6. The molecule has 0 saturated carbocycles. The second kappa shape index (κ2) is 5.93. The Balaban J connectivity index is 2.69. The van der Waals surface area contributed by atoms with Crippen molar-refractivity contribution in [3.63, 3.8) is 0 Å². The number of halogens is 2. The summed E-state index contributed by atoms with van der Waals surface area (Å²) in [5.41, 5.74) is 0.589. The van der Waals surface area contributed by atoms with E-state index < -0.39 is 31.3 Å². The Hall–Kier alpha value is -1.75. The van der Waals surface area contributed by atoms with Crippen LogP contribution in [-0.4, -0.2) is 8.42 Å². The van der Waals surface area contributed by atoms with Crippen molar-refractivity contribution in [3.8, 4) is 0 Å². The van der Waals surface area contributed by atoms with Crippen LogP contribution >= 0.6 is 0 Å². The number of hydrogen-bond acceptors (Lipinski definition) is 2. The maximum atomic E-state index is 14.3. The van der Waals surface area contributed by atoms with Crippen LogP contribution in [-0.2, 0) is 22.7 Å². The van der Waals surface area contributed by atoms with Crippen molar-refractivity contribution in [1.82, 2.24) is 0 Å². The molecule has 0 radical (unpaired) electrons. The molecule has 0 fully saturated rings. The van der Waals surface area contributed by atoms with Crippen LogP contribution in [0.25, 0.3) is 0 Å². The lowest BCUT2D eigenvalue weighted by Crippen LogP contribution is -2.09. The molecular formula is C16H16F2O2S. The Labute approximate surface area is 123 Å². The van der Waals surface area contributed by atoms with E-state index in [9.17, 15) is 17.2 Å². The lowest BCUT2D eigenvalue weighted by atomic mass is 10.1. The van der Waals surface area contributed by atoms with Gasteiger partial charge >= 0.3 is 0 Å². The number of benzene rings is 2. The molecule has 2 rings (SSSR count). The molecule has 112 valence electrons. The molecule has 2 nitrogen and oxygen atoms in total. The lowest BCUT2D eigenvalue weighted by Gasteiger charge is -2.11. The summed E-state index contributed by atoms with van der Waals surface area (Å²) in [6.07, 6.45) is 0.735. The summed E-state index contributed by atoms with van der Waals surface area (Å²) in [5.74, 6) is -1.61. The molecule has 0 heterocycles. The zero-order valence-corrected chi connectivity index (χ0v) is 12.7. The van der Waals surface area contributed by atoms with E-state index in [1.165, 1.54) is 36.4 Å². The van der Waals surface area contributed by atoms with Crippen molar-refractivity contribution in [3.05, 3.63) is 59.2 Å². The highest BCUT2D eigenvalue weighted by molar-refractivity contribution is 7.91. The quantitative estimate of drug-likeness (QED) is 0.857. The minimum absolute atomic E-state index is 0.295. The SMILES string of the molecule is CCc1cccc(S(=O)(=O)c2cccc(CC)c2F)c1F. The Morgan fingerprint density at radius 3 is 1.52 bits per heavy atom. The van der Waals surface area contributed by atoms with E-state index in [1.807, 2.05) is 0 Å². The monoisotopic (exact) mass is 310 g/mol. The lowest BCUT2D eigenvalue weighted by molar-refractivity contribution is 0.543. The second-order valence-electron chi connectivity index (χ2n) is 4.67. The van der Waals surface area contributed by atoms with Gasteiger partial charge in [0.25, 0.3) is 0 Å². The zero-order chi connectivity index (χ0) is 15.6. The smallest absolute Gasteiger partial charge is 0.212 e. The molecule has 0 amide bonds. The van der Waals surface area contributed by atoms with Gasteiger partial charge in [-0.3, -0.25) is 0 Å². The van der Waals surface area contributed by atoms with E-state index in [1.54, 1.807) is 13.8 Å². The van der Waals surface area contributed by atoms with Crippen molar-refractivity contribution < 1.29 is 17.2 Å². The van der Waals surface area contributed by atoms with Gasteiger partial charge in [-0.1, -0.05) is 38.1 Å². The van der Waals surface area contributed by atoms with Crippen LogP contribution in [0.3, 0.4) is 0 Å². The van der Waals surface area contributed by atoms with Gasteiger partial charge in [0.1, 0.15) is 21.4 Å². The molecule has 0 aliphatic carbocycles. The fourth-order valence-corrected chi connectivity index (χ4v) is 3.68. The summed E-state index contributed by atoms with van der Waals surface area (Å²) in [7, 11) is -4.22. The average Bonchev–Trinajstić information content (AvgIpc) is 2.47. The van der Waals surface area contributed by atoms with Gasteiger partial charge in [-0.25, -0.2) is 17.2 Å². The summed E-state index contributed by atoms with van der Waals surface area (Å²) in [5, 5.41) is 0. The maximum absolute atomic E-state index is 14.3. The number of rotatable bonds is 4. The highest BCUT2D eigenvalue weighted by Crippen LogP contribution is 2.28. The van der Waals surface area contributed by atoms with Crippen molar-refractivity contribution >= 4 is 9.84 Å².